The molecule has 218 valence electrons. The highest BCUT2D eigenvalue weighted by Gasteiger charge is 2.38. The average molecular weight is 579 g/mol. The number of carbonyl (C=O) groups is 4. The summed E-state index contributed by atoms with van der Waals surface area (Å²) in [5.41, 5.74) is 7.02. The SMILES string of the molecule is NCCCC#Cc1ccc2c(c1)C(=O)N(CCC(=O)O)CC(=O)N2Cc1cccc([N+](=O)[O-])c1.O=C(O)C(F)(F)F. The molecule has 0 aliphatic carbocycles. The minimum Gasteiger partial charge on any atom is -0.481 e. The molecule has 0 bridgehead atoms. The molecule has 0 saturated carbocycles. The zero-order valence-electron chi connectivity index (χ0n) is 21.4. The molecule has 1 aliphatic heterocycles. The van der Waals surface area contributed by atoms with Crippen molar-refractivity contribution < 1.29 is 47.5 Å². The monoisotopic (exact) mass is 578 g/mol. The first-order valence-corrected chi connectivity index (χ1v) is 11.9. The summed E-state index contributed by atoms with van der Waals surface area (Å²) in [5.74, 6) is 1.23. The molecule has 0 fully saturated rings. The Kier molecular flexibility index (Phi) is 11.3. The molecule has 12 nitrogen and oxygen atoms in total. The second-order valence-corrected chi connectivity index (χ2v) is 8.51. The number of benzene rings is 2. The fraction of sp³-hybridized carbons (Fsp3) is 0.308. The van der Waals surface area contributed by atoms with Crippen molar-refractivity contribution >= 4 is 35.1 Å². The standard InChI is InChI=1S/C24H24N4O6.C2HF3O2/c25-11-3-1-2-5-17-8-9-21-20(14-17)24(32)26(12-10-23(30)31)16-22(29)27(21)15-18-6-4-7-19(13-18)28(33)34;3-2(4,5)1(6)7/h4,6-9,13-14H,1,3,10-12,15-16,25H2,(H,30,31);(H,6,7). The molecule has 2 amide bonds. The number of rotatable bonds is 8. The van der Waals surface area contributed by atoms with E-state index in [1.54, 1.807) is 24.3 Å². The second kappa shape index (κ2) is 14.4. The number of nitrogens with two attached hydrogens (primary N) is 1. The number of hydrogen-bond donors (Lipinski definition) is 3. The van der Waals surface area contributed by atoms with Crippen molar-refractivity contribution in [3.63, 3.8) is 0 Å². The summed E-state index contributed by atoms with van der Waals surface area (Å²) in [6, 6.07) is 10.8. The molecule has 0 saturated heterocycles. The Hall–Kier alpha value is -4.97. The number of carboxylic acids is 2. The van der Waals surface area contributed by atoms with Gasteiger partial charge in [0.15, 0.2) is 0 Å². The fourth-order valence-electron chi connectivity index (χ4n) is 3.54. The van der Waals surface area contributed by atoms with Crippen LogP contribution in [0.1, 0.15) is 40.7 Å². The van der Waals surface area contributed by atoms with Crippen molar-refractivity contribution in [3.8, 4) is 11.8 Å². The molecule has 2 aromatic carbocycles. The van der Waals surface area contributed by atoms with Crippen molar-refractivity contribution in [2.45, 2.75) is 32.0 Å². The number of anilines is 1. The number of fused-ring (bicyclic) bond motifs is 1. The molecule has 3 rings (SSSR count). The molecule has 0 aromatic heterocycles. The number of halogens is 3. The van der Waals surface area contributed by atoms with Gasteiger partial charge in [-0.1, -0.05) is 24.0 Å². The number of carboxylic acid groups (broad SMARTS) is 2. The summed E-state index contributed by atoms with van der Waals surface area (Å²) in [6.07, 6.45) is -4.05. The van der Waals surface area contributed by atoms with Crippen LogP contribution in [-0.2, 0) is 20.9 Å². The van der Waals surface area contributed by atoms with E-state index in [9.17, 15) is 37.7 Å². The number of hydrogen-bond acceptors (Lipinski definition) is 7. The average Bonchev–Trinajstić information content (AvgIpc) is 3.00. The number of amides is 2. The summed E-state index contributed by atoms with van der Waals surface area (Å²) in [7, 11) is 0. The van der Waals surface area contributed by atoms with Gasteiger partial charge in [-0.2, -0.15) is 13.2 Å². The van der Waals surface area contributed by atoms with Crippen molar-refractivity contribution in [1.29, 1.82) is 0 Å². The molecule has 0 radical (unpaired) electrons. The quantitative estimate of drug-likeness (QED) is 0.183. The van der Waals surface area contributed by atoms with Gasteiger partial charge in [0, 0.05) is 30.7 Å². The van der Waals surface area contributed by atoms with Gasteiger partial charge in [0.25, 0.3) is 11.6 Å². The highest BCUT2D eigenvalue weighted by atomic mass is 19.4. The van der Waals surface area contributed by atoms with Gasteiger partial charge in [-0.05, 0) is 36.7 Å². The number of alkyl halides is 3. The molecule has 0 unspecified atom stereocenters. The second-order valence-electron chi connectivity index (χ2n) is 8.51. The van der Waals surface area contributed by atoms with E-state index in [4.69, 9.17) is 20.7 Å². The Labute approximate surface area is 231 Å². The Balaban J connectivity index is 0.000000745. The third kappa shape index (κ3) is 9.62. The summed E-state index contributed by atoms with van der Waals surface area (Å²) in [6.45, 7) is 0.0866. The Morgan fingerprint density at radius 2 is 1.80 bits per heavy atom. The van der Waals surface area contributed by atoms with E-state index in [0.29, 0.717) is 29.8 Å². The smallest absolute Gasteiger partial charge is 0.481 e. The number of non-ortho nitro benzene ring substituents is 1. The van der Waals surface area contributed by atoms with Gasteiger partial charge in [-0.15, -0.1) is 0 Å². The maximum Gasteiger partial charge on any atom is 0.490 e. The van der Waals surface area contributed by atoms with Crippen LogP contribution in [0.15, 0.2) is 42.5 Å². The van der Waals surface area contributed by atoms with Crippen molar-refractivity contribution in [2.24, 2.45) is 5.73 Å². The van der Waals surface area contributed by atoms with Gasteiger partial charge < -0.3 is 25.7 Å². The molecule has 4 N–H and O–H groups in total. The van der Waals surface area contributed by atoms with E-state index >= 15 is 0 Å². The van der Waals surface area contributed by atoms with E-state index in [1.165, 1.54) is 28.0 Å². The predicted molar refractivity (Wildman–Crippen MR) is 138 cm³/mol. The maximum absolute atomic E-state index is 13.3. The van der Waals surface area contributed by atoms with E-state index in [-0.39, 0.29) is 37.3 Å². The highest BCUT2D eigenvalue weighted by Crippen LogP contribution is 2.29. The Bertz CT molecular complexity index is 1380. The lowest BCUT2D eigenvalue weighted by Crippen LogP contribution is -2.40. The van der Waals surface area contributed by atoms with Gasteiger partial charge >= 0.3 is 18.1 Å². The lowest BCUT2D eigenvalue weighted by atomic mass is 10.1. The number of unbranched alkanes of at least 4 members (excludes halogenated alkanes) is 1. The third-order valence-corrected chi connectivity index (χ3v) is 5.47. The van der Waals surface area contributed by atoms with Crippen molar-refractivity contribution in [1.82, 2.24) is 4.90 Å². The molecule has 1 heterocycles. The first kappa shape index (κ1) is 32.2. The number of carbonyl (C=O) groups excluding carboxylic acids is 2. The minimum atomic E-state index is -5.08. The zero-order chi connectivity index (χ0) is 30.7. The Morgan fingerprint density at radius 1 is 1.12 bits per heavy atom. The van der Waals surface area contributed by atoms with Gasteiger partial charge in [0.1, 0.15) is 6.54 Å². The third-order valence-electron chi connectivity index (χ3n) is 5.47. The van der Waals surface area contributed by atoms with E-state index in [2.05, 4.69) is 11.8 Å². The number of nitro groups is 1. The first-order valence-electron chi connectivity index (χ1n) is 11.9. The van der Waals surface area contributed by atoms with Crippen LogP contribution < -0.4 is 10.6 Å². The maximum atomic E-state index is 13.3. The van der Waals surface area contributed by atoms with Gasteiger partial charge in [-0.25, -0.2) is 4.79 Å². The van der Waals surface area contributed by atoms with Crippen LogP contribution in [0.25, 0.3) is 0 Å². The van der Waals surface area contributed by atoms with Crippen molar-refractivity contribution in [3.05, 3.63) is 69.3 Å². The molecular weight excluding hydrogens is 553 g/mol. The Morgan fingerprint density at radius 3 is 2.39 bits per heavy atom. The summed E-state index contributed by atoms with van der Waals surface area (Å²) >= 11 is 0. The fourth-order valence-corrected chi connectivity index (χ4v) is 3.54. The summed E-state index contributed by atoms with van der Waals surface area (Å²) in [5, 5.41) is 27.3. The molecule has 15 heteroatoms. The normalized spacial score (nSPS) is 12.8. The molecule has 0 atom stereocenters. The van der Waals surface area contributed by atoms with E-state index < -0.39 is 34.9 Å². The van der Waals surface area contributed by atoms with Gasteiger partial charge in [-0.3, -0.25) is 24.5 Å². The first-order chi connectivity index (χ1) is 19.2. The lowest BCUT2D eigenvalue weighted by molar-refractivity contribution is -0.384. The number of nitro benzene ring substituents is 1. The largest absolute Gasteiger partial charge is 0.490 e. The molecule has 41 heavy (non-hydrogen) atoms. The van der Waals surface area contributed by atoms with Crippen LogP contribution in [-0.4, -0.2) is 69.6 Å². The molecule has 2 aromatic rings. The molecule has 1 aliphatic rings. The van der Waals surface area contributed by atoms with Crippen LogP contribution in [0, 0.1) is 22.0 Å². The van der Waals surface area contributed by atoms with Crippen LogP contribution >= 0.6 is 0 Å². The molecular formula is C26H25F3N4O8. The summed E-state index contributed by atoms with van der Waals surface area (Å²) in [4.78, 5) is 59.6. The van der Waals surface area contributed by atoms with Crippen LogP contribution in [0.4, 0.5) is 24.5 Å². The lowest BCUT2D eigenvalue weighted by Gasteiger charge is -2.23. The predicted octanol–water partition coefficient (Wildman–Crippen LogP) is 2.78. The van der Waals surface area contributed by atoms with Crippen molar-refractivity contribution in [2.75, 3.05) is 24.5 Å². The number of nitrogens with zero attached hydrogens (tertiary/aromatic N) is 3. The minimum absolute atomic E-state index is 0.00902. The number of aliphatic carboxylic acids is 2. The van der Waals surface area contributed by atoms with Gasteiger partial charge in [0.05, 0.1) is 29.1 Å². The topological polar surface area (TPSA) is 184 Å². The zero-order valence-corrected chi connectivity index (χ0v) is 21.4. The summed E-state index contributed by atoms with van der Waals surface area (Å²) < 4.78 is 31.7. The molecule has 0 spiro atoms. The van der Waals surface area contributed by atoms with Gasteiger partial charge in [0.2, 0.25) is 5.91 Å². The van der Waals surface area contributed by atoms with E-state index in [0.717, 1.165) is 6.42 Å². The van der Waals surface area contributed by atoms with Crippen LogP contribution in [0.3, 0.4) is 0 Å². The van der Waals surface area contributed by atoms with Crippen LogP contribution in [0.5, 0.6) is 0 Å². The highest BCUT2D eigenvalue weighted by molar-refractivity contribution is 6.09. The van der Waals surface area contributed by atoms with Crippen LogP contribution in [0.2, 0.25) is 0 Å². The van der Waals surface area contributed by atoms with E-state index in [1.807, 2.05) is 0 Å².